The maximum Gasteiger partial charge on any atom is 0.240 e. The molecule has 1 aromatic heterocycles. The molecule has 1 unspecified atom stereocenters. The van der Waals surface area contributed by atoms with E-state index in [2.05, 4.69) is 16.1 Å². The third kappa shape index (κ3) is 4.80. The summed E-state index contributed by atoms with van der Waals surface area (Å²) < 4.78 is 5.47. The van der Waals surface area contributed by atoms with Crippen LogP contribution in [0.5, 0.6) is 0 Å². The number of amides is 1. The number of nitrogens with two attached hydrogens (primary N) is 1. The number of aromatic nitrogens is 1. The molecule has 1 amide bonds. The number of fused-ring (bicyclic) bond motifs is 1. The maximum atomic E-state index is 12.3. The van der Waals surface area contributed by atoms with Gasteiger partial charge in [0.2, 0.25) is 5.91 Å². The fraction of sp³-hybridized carbons (Fsp3) is 0.591. The van der Waals surface area contributed by atoms with Gasteiger partial charge in [-0.25, -0.2) is 0 Å². The average molecular weight is 428 g/mol. The second-order valence-corrected chi connectivity index (χ2v) is 9.32. The van der Waals surface area contributed by atoms with E-state index in [-0.39, 0.29) is 11.9 Å². The Morgan fingerprint density at radius 3 is 2.90 bits per heavy atom. The van der Waals surface area contributed by atoms with Gasteiger partial charge in [-0.1, -0.05) is 11.6 Å². The Labute approximate surface area is 181 Å². The van der Waals surface area contributed by atoms with Gasteiger partial charge in [-0.05, 0) is 63.5 Å². The number of carbonyl (C=O) groups excluding carboxylic acids is 1. The van der Waals surface area contributed by atoms with Crippen LogP contribution in [-0.4, -0.2) is 64.7 Å². The highest BCUT2D eigenvalue weighted by Crippen LogP contribution is 2.33. The Balaban J connectivity index is 1.20. The van der Waals surface area contributed by atoms with Crippen LogP contribution in [0.1, 0.15) is 49.3 Å². The number of carbonyl (C=O) groups is 1. The van der Waals surface area contributed by atoms with Crippen LogP contribution in [0.15, 0.2) is 22.7 Å². The fourth-order valence-electron chi connectivity index (χ4n) is 4.40. The zero-order chi connectivity index (χ0) is 20.9. The van der Waals surface area contributed by atoms with Crippen molar-refractivity contribution in [2.75, 3.05) is 37.8 Å². The van der Waals surface area contributed by atoms with E-state index in [0.717, 1.165) is 86.6 Å². The molecule has 160 valence electrons. The normalized spacial score (nSPS) is 19.3. The Morgan fingerprint density at radius 2 is 2.17 bits per heavy atom. The predicted octanol–water partition coefficient (Wildman–Crippen LogP) is 2.91. The molecule has 30 heavy (non-hydrogen) atoms. The second-order valence-electron chi connectivity index (χ2n) is 8.25. The first-order chi connectivity index (χ1) is 14.7. The molecule has 2 aliphatic rings. The van der Waals surface area contributed by atoms with Crippen LogP contribution in [0.25, 0.3) is 11.0 Å². The lowest BCUT2D eigenvalue weighted by atomic mass is 9.91. The molecule has 7 nitrogen and oxygen atoms in total. The van der Waals surface area contributed by atoms with Gasteiger partial charge in [0.25, 0.3) is 0 Å². The van der Waals surface area contributed by atoms with Crippen molar-refractivity contribution in [1.29, 1.82) is 5.26 Å². The van der Waals surface area contributed by atoms with Gasteiger partial charge in [-0.2, -0.15) is 5.26 Å². The van der Waals surface area contributed by atoms with Gasteiger partial charge in [-0.15, -0.1) is 11.8 Å². The monoisotopic (exact) mass is 427 g/mol. The van der Waals surface area contributed by atoms with Crippen molar-refractivity contribution in [2.24, 2.45) is 5.73 Å². The quantitative estimate of drug-likeness (QED) is 0.678. The van der Waals surface area contributed by atoms with E-state index in [9.17, 15) is 4.79 Å². The first kappa shape index (κ1) is 21.2. The number of likely N-dealkylation sites (tertiary alicyclic amines) is 1. The molecule has 3 heterocycles. The Hall–Kier alpha value is -2.08. The van der Waals surface area contributed by atoms with E-state index in [4.69, 9.17) is 15.5 Å². The van der Waals surface area contributed by atoms with E-state index in [1.165, 1.54) is 0 Å². The summed E-state index contributed by atoms with van der Waals surface area (Å²) in [6, 6.07) is 7.33. The number of unbranched alkanes of at least 4 members (excludes halogenated alkanes) is 1. The highest BCUT2D eigenvalue weighted by Gasteiger charge is 2.26. The highest BCUT2D eigenvalue weighted by atomic mass is 32.2. The minimum atomic E-state index is -0.354. The van der Waals surface area contributed by atoms with Gasteiger partial charge in [0.1, 0.15) is 0 Å². The van der Waals surface area contributed by atoms with Crippen LogP contribution in [0.3, 0.4) is 0 Å². The van der Waals surface area contributed by atoms with Crippen molar-refractivity contribution in [3.8, 4) is 6.07 Å². The van der Waals surface area contributed by atoms with Gasteiger partial charge in [0, 0.05) is 23.6 Å². The molecule has 4 rings (SSSR count). The number of rotatable bonds is 7. The molecule has 2 N–H and O–H groups in total. The molecular formula is C22H29N5O2S. The Bertz CT molecular complexity index is 910. The standard InChI is InChI=1S/C22H29N5O2S/c23-14-16-4-5-20-18(13-16)21(25-29-20)17-6-9-26(10-7-17)8-2-1-3-19(24)22(28)27-11-12-30-15-27/h4-5,13,17,19H,1-3,6-12,15,24H2. The topological polar surface area (TPSA) is 99.4 Å². The number of benzene rings is 1. The first-order valence-corrected chi connectivity index (χ1v) is 11.9. The number of thioether (sulfide) groups is 1. The second kappa shape index (κ2) is 9.82. The number of nitriles is 1. The summed E-state index contributed by atoms with van der Waals surface area (Å²) >= 11 is 1.79. The third-order valence-corrected chi connectivity index (χ3v) is 7.19. The van der Waals surface area contributed by atoms with Gasteiger partial charge in [0.05, 0.1) is 29.2 Å². The molecule has 8 heteroatoms. The summed E-state index contributed by atoms with van der Waals surface area (Å²) in [6.45, 7) is 3.95. The number of nitrogens with zero attached hydrogens (tertiary/aromatic N) is 4. The minimum Gasteiger partial charge on any atom is -0.356 e. The SMILES string of the molecule is N#Cc1ccc2onc(C3CCN(CCCCC(N)C(=O)N4CCSC4)CC3)c2c1. The number of hydrogen-bond acceptors (Lipinski definition) is 7. The van der Waals surface area contributed by atoms with Crippen molar-refractivity contribution in [1.82, 2.24) is 15.0 Å². The largest absolute Gasteiger partial charge is 0.356 e. The first-order valence-electron chi connectivity index (χ1n) is 10.8. The number of piperidine rings is 1. The summed E-state index contributed by atoms with van der Waals surface area (Å²) in [5.41, 5.74) is 8.49. The summed E-state index contributed by atoms with van der Waals surface area (Å²) in [7, 11) is 0. The summed E-state index contributed by atoms with van der Waals surface area (Å²) in [5, 5.41) is 14.4. The Morgan fingerprint density at radius 1 is 1.33 bits per heavy atom. The lowest BCUT2D eigenvalue weighted by molar-refractivity contribution is -0.131. The summed E-state index contributed by atoms with van der Waals surface area (Å²) in [5.74, 6) is 2.30. The number of hydrogen-bond donors (Lipinski definition) is 1. The zero-order valence-corrected chi connectivity index (χ0v) is 18.1. The minimum absolute atomic E-state index is 0.111. The Kier molecular flexibility index (Phi) is 6.93. The van der Waals surface area contributed by atoms with Crippen LogP contribution >= 0.6 is 11.8 Å². The van der Waals surface area contributed by atoms with Crippen LogP contribution in [0.4, 0.5) is 0 Å². The molecule has 0 radical (unpaired) electrons. The van der Waals surface area contributed by atoms with E-state index < -0.39 is 0 Å². The van der Waals surface area contributed by atoms with Gasteiger partial charge < -0.3 is 20.1 Å². The van der Waals surface area contributed by atoms with Crippen molar-refractivity contribution < 1.29 is 9.32 Å². The van der Waals surface area contributed by atoms with Crippen LogP contribution < -0.4 is 5.73 Å². The molecule has 2 saturated heterocycles. The van der Waals surface area contributed by atoms with Crippen molar-refractivity contribution in [3.63, 3.8) is 0 Å². The molecule has 0 aliphatic carbocycles. The molecule has 0 spiro atoms. The van der Waals surface area contributed by atoms with E-state index in [1.807, 2.05) is 17.0 Å². The molecule has 0 saturated carbocycles. The van der Waals surface area contributed by atoms with Crippen LogP contribution in [0, 0.1) is 11.3 Å². The van der Waals surface area contributed by atoms with Crippen LogP contribution in [-0.2, 0) is 4.79 Å². The molecule has 2 aliphatic heterocycles. The van der Waals surface area contributed by atoms with E-state index >= 15 is 0 Å². The maximum absolute atomic E-state index is 12.3. The van der Waals surface area contributed by atoms with Gasteiger partial charge >= 0.3 is 0 Å². The fourth-order valence-corrected chi connectivity index (χ4v) is 5.35. The third-order valence-electron chi connectivity index (χ3n) is 6.22. The zero-order valence-electron chi connectivity index (χ0n) is 17.3. The highest BCUT2D eigenvalue weighted by molar-refractivity contribution is 7.99. The smallest absolute Gasteiger partial charge is 0.240 e. The van der Waals surface area contributed by atoms with Crippen molar-refractivity contribution >= 4 is 28.6 Å². The lowest BCUT2D eigenvalue weighted by Gasteiger charge is -2.31. The van der Waals surface area contributed by atoms with Gasteiger partial charge in [-0.3, -0.25) is 4.79 Å². The summed E-state index contributed by atoms with van der Waals surface area (Å²) in [6.07, 6.45) is 4.91. The lowest BCUT2D eigenvalue weighted by Crippen LogP contribution is -2.42. The van der Waals surface area contributed by atoms with E-state index in [0.29, 0.717) is 11.5 Å². The average Bonchev–Trinajstić information content (AvgIpc) is 3.46. The summed E-state index contributed by atoms with van der Waals surface area (Å²) in [4.78, 5) is 16.6. The molecule has 1 atom stereocenters. The molecule has 2 fully saturated rings. The molecule has 1 aromatic carbocycles. The molecule has 2 aromatic rings. The van der Waals surface area contributed by atoms with Crippen molar-refractivity contribution in [2.45, 2.75) is 44.1 Å². The van der Waals surface area contributed by atoms with Crippen molar-refractivity contribution in [3.05, 3.63) is 29.5 Å². The molecule has 0 bridgehead atoms. The van der Waals surface area contributed by atoms with E-state index in [1.54, 1.807) is 17.8 Å². The molecular weight excluding hydrogens is 398 g/mol. The van der Waals surface area contributed by atoms with Gasteiger partial charge in [0.15, 0.2) is 5.58 Å². The van der Waals surface area contributed by atoms with Crippen LogP contribution in [0.2, 0.25) is 0 Å². The predicted molar refractivity (Wildman–Crippen MR) is 118 cm³/mol.